The van der Waals surface area contributed by atoms with Gasteiger partial charge in [-0.25, -0.2) is 0 Å². The van der Waals surface area contributed by atoms with Crippen LogP contribution in [0.2, 0.25) is 0 Å². The number of carbonyl (C=O) groups excluding carboxylic acids is 2. The van der Waals surface area contributed by atoms with Crippen LogP contribution in [0.3, 0.4) is 0 Å². The highest BCUT2D eigenvalue weighted by Crippen LogP contribution is 2.30. The quantitative estimate of drug-likeness (QED) is 0.0990. The molecule has 0 aliphatic heterocycles. The van der Waals surface area contributed by atoms with Crippen LogP contribution in [0.5, 0.6) is 23.0 Å². The van der Waals surface area contributed by atoms with Gasteiger partial charge in [0.25, 0.3) is 0 Å². The minimum absolute atomic E-state index is 0.346. The topological polar surface area (TPSA) is 80.3 Å². The van der Waals surface area contributed by atoms with Crippen LogP contribution in [0.4, 0.5) is 0 Å². The second-order valence-corrected chi connectivity index (χ2v) is 9.81. The summed E-state index contributed by atoms with van der Waals surface area (Å²) in [6.07, 6.45) is 13.7. The number of ether oxygens (including phenoxy) is 5. The number of unbranched alkanes of at least 4 members (excludes halogenated alkanes) is 8. The zero-order valence-corrected chi connectivity index (χ0v) is 24.2. The van der Waals surface area contributed by atoms with Gasteiger partial charge in [-0.2, -0.15) is 0 Å². The van der Waals surface area contributed by atoms with Gasteiger partial charge in [0.2, 0.25) is 0 Å². The number of hydrogen-bond acceptors (Lipinski definition) is 7. The summed E-state index contributed by atoms with van der Waals surface area (Å²) in [5.41, 5.74) is 2.39. The highest BCUT2D eigenvalue weighted by atomic mass is 16.6. The molecule has 7 heteroatoms. The molecule has 0 heterocycles. The molecule has 2 aromatic rings. The average molecular weight is 543 g/mol. The van der Waals surface area contributed by atoms with Crippen LogP contribution in [0, 0.1) is 0 Å². The van der Waals surface area contributed by atoms with Crippen molar-refractivity contribution in [2.45, 2.75) is 90.9 Å². The lowest BCUT2D eigenvalue weighted by atomic mass is 10.0. The van der Waals surface area contributed by atoms with Crippen LogP contribution in [-0.4, -0.2) is 39.4 Å². The van der Waals surface area contributed by atoms with E-state index >= 15 is 0 Å². The molecular formula is C32H46O7. The Kier molecular flexibility index (Phi) is 15.7. The third kappa shape index (κ3) is 13.5. The van der Waals surface area contributed by atoms with Gasteiger partial charge in [0.1, 0.15) is 0 Å². The lowest BCUT2D eigenvalue weighted by Crippen LogP contribution is -2.03. The van der Waals surface area contributed by atoms with Gasteiger partial charge >= 0.3 is 11.9 Å². The van der Waals surface area contributed by atoms with Crippen molar-refractivity contribution < 1.29 is 33.3 Å². The molecule has 2 aromatic carbocycles. The molecule has 0 bridgehead atoms. The third-order valence-electron chi connectivity index (χ3n) is 6.47. The van der Waals surface area contributed by atoms with E-state index in [4.69, 9.17) is 23.7 Å². The van der Waals surface area contributed by atoms with Gasteiger partial charge in [0.15, 0.2) is 23.0 Å². The van der Waals surface area contributed by atoms with Gasteiger partial charge in [-0.05, 0) is 73.9 Å². The van der Waals surface area contributed by atoms with Crippen LogP contribution in [-0.2, 0) is 27.2 Å². The Hall–Kier alpha value is -3.06. The monoisotopic (exact) mass is 542 g/mol. The van der Waals surface area contributed by atoms with Gasteiger partial charge < -0.3 is 23.7 Å². The van der Waals surface area contributed by atoms with Crippen molar-refractivity contribution in [1.29, 1.82) is 0 Å². The predicted molar refractivity (Wildman–Crippen MR) is 153 cm³/mol. The molecule has 39 heavy (non-hydrogen) atoms. The molecule has 0 spiro atoms. The molecular weight excluding hydrogens is 496 g/mol. The number of esters is 2. The third-order valence-corrected chi connectivity index (χ3v) is 6.47. The van der Waals surface area contributed by atoms with Gasteiger partial charge in [-0.15, -0.1) is 0 Å². The van der Waals surface area contributed by atoms with Crippen molar-refractivity contribution in [3.05, 3.63) is 47.5 Å². The summed E-state index contributed by atoms with van der Waals surface area (Å²) in [5.74, 6) is 1.45. The Bertz CT molecular complexity index is 923. The van der Waals surface area contributed by atoms with E-state index < -0.39 is 0 Å². The number of benzene rings is 2. The Labute approximate surface area is 234 Å². The van der Waals surface area contributed by atoms with Crippen LogP contribution in [0.15, 0.2) is 36.4 Å². The molecule has 0 radical (unpaired) electrons. The summed E-state index contributed by atoms with van der Waals surface area (Å²) in [5, 5.41) is 0. The number of methoxy groups -OCH3 is 2. The SMILES string of the molecule is COc1cc(CCCCCCCOCCCCCCCc2ccc(OC(C)=O)c(OC)c2)ccc1OC(C)=O. The lowest BCUT2D eigenvalue weighted by Gasteiger charge is -2.10. The molecule has 7 nitrogen and oxygen atoms in total. The zero-order valence-electron chi connectivity index (χ0n) is 24.2. The maximum Gasteiger partial charge on any atom is 0.308 e. The van der Waals surface area contributed by atoms with E-state index in [1.807, 2.05) is 24.3 Å². The normalized spacial score (nSPS) is 10.8. The first-order valence-corrected chi connectivity index (χ1v) is 14.2. The van der Waals surface area contributed by atoms with Crippen molar-refractivity contribution >= 4 is 11.9 Å². The molecule has 0 atom stereocenters. The van der Waals surface area contributed by atoms with Gasteiger partial charge in [0.05, 0.1) is 14.2 Å². The summed E-state index contributed by atoms with van der Waals surface area (Å²) >= 11 is 0. The van der Waals surface area contributed by atoms with Gasteiger partial charge in [-0.3, -0.25) is 9.59 Å². The van der Waals surface area contributed by atoms with Crippen molar-refractivity contribution in [3.8, 4) is 23.0 Å². The first kappa shape index (κ1) is 32.2. The van der Waals surface area contributed by atoms with E-state index in [1.165, 1.54) is 63.5 Å². The molecule has 0 N–H and O–H groups in total. The van der Waals surface area contributed by atoms with Crippen molar-refractivity contribution in [2.24, 2.45) is 0 Å². The fourth-order valence-electron chi connectivity index (χ4n) is 4.44. The van der Waals surface area contributed by atoms with E-state index in [2.05, 4.69) is 0 Å². The zero-order chi connectivity index (χ0) is 28.3. The van der Waals surface area contributed by atoms with Gasteiger partial charge in [-0.1, -0.05) is 50.7 Å². The summed E-state index contributed by atoms with van der Waals surface area (Å²) in [6.45, 7) is 4.47. The smallest absolute Gasteiger partial charge is 0.308 e. The first-order chi connectivity index (χ1) is 18.9. The summed E-state index contributed by atoms with van der Waals surface area (Å²) in [7, 11) is 3.18. The number of carbonyl (C=O) groups is 2. The highest BCUT2D eigenvalue weighted by molar-refractivity contribution is 5.71. The number of rotatable bonds is 20. The Balaban J connectivity index is 1.42. The number of aryl methyl sites for hydroxylation is 2. The van der Waals surface area contributed by atoms with E-state index in [0.717, 1.165) is 51.7 Å². The van der Waals surface area contributed by atoms with Crippen LogP contribution in [0.1, 0.15) is 89.2 Å². The molecule has 0 aromatic heterocycles. The maximum absolute atomic E-state index is 11.2. The Morgan fingerprint density at radius 3 is 1.31 bits per heavy atom. The summed E-state index contributed by atoms with van der Waals surface area (Å²) in [4.78, 5) is 22.3. The van der Waals surface area contributed by atoms with E-state index in [0.29, 0.717) is 23.0 Å². The molecule has 0 saturated carbocycles. The van der Waals surface area contributed by atoms with Gasteiger partial charge in [0, 0.05) is 27.1 Å². The largest absolute Gasteiger partial charge is 0.493 e. The number of hydrogen-bond donors (Lipinski definition) is 0. The minimum atomic E-state index is -0.346. The molecule has 0 saturated heterocycles. The Morgan fingerprint density at radius 2 is 0.923 bits per heavy atom. The van der Waals surface area contributed by atoms with Crippen molar-refractivity contribution in [2.75, 3.05) is 27.4 Å². The maximum atomic E-state index is 11.2. The molecule has 0 unspecified atom stereocenters. The Morgan fingerprint density at radius 1 is 0.538 bits per heavy atom. The molecule has 216 valence electrons. The molecule has 0 aliphatic rings. The van der Waals surface area contributed by atoms with E-state index in [1.54, 1.807) is 26.4 Å². The molecule has 2 rings (SSSR count). The average Bonchev–Trinajstić information content (AvgIpc) is 2.91. The summed E-state index contributed by atoms with van der Waals surface area (Å²) in [6, 6.07) is 11.5. The molecule has 0 aliphatic carbocycles. The second kappa shape index (κ2) is 19.1. The minimum Gasteiger partial charge on any atom is -0.493 e. The fraction of sp³-hybridized carbons (Fsp3) is 0.562. The first-order valence-electron chi connectivity index (χ1n) is 14.2. The highest BCUT2D eigenvalue weighted by Gasteiger charge is 2.09. The van der Waals surface area contributed by atoms with Crippen LogP contribution < -0.4 is 18.9 Å². The fourth-order valence-corrected chi connectivity index (χ4v) is 4.44. The van der Waals surface area contributed by atoms with E-state index in [-0.39, 0.29) is 11.9 Å². The standard InChI is InChI=1S/C32H46O7/c1-25(33)38-29-19-17-27(23-31(29)35-3)15-11-7-5-9-13-21-37-22-14-10-6-8-12-16-28-18-20-30(39-26(2)34)32(24-28)36-4/h17-20,23-24H,5-16,21-22H2,1-4H3. The molecule has 0 fully saturated rings. The predicted octanol–water partition coefficient (Wildman–Crippen LogP) is 7.26. The lowest BCUT2D eigenvalue weighted by molar-refractivity contribution is -0.132. The molecule has 0 amide bonds. The van der Waals surface area contributed by atoms with Crippen LogP contribution in [0.25, 0.3) is 0 Å². The van der Waals surface area contributed by atoms with Crippen LogP contribution >= 0.6 is 0 Å². The van der Waals surface area contributed by atoms with Crippen molar-refractivity contribution in [3.63, 3.8) is 0 Å². The second-order valence-electron chi connectivity index (χ2n) is 9.81. The van der Waals surface area contributed by atoms with Crippen molar-refractivity contribution in [1.82, 2.24) is 0 Å². The summed E-state index contributed by atoms with van der Waals surface area (Å²) < 4.78 is 26.8. The van der Waals surface area contributed by atoms with E-state index in [9.17, 15) is 9.59 Å².